The van der Waals surface area contributed by atoms with E-state index in [1.165, 1.54) is 19.3 Å². The number of rotatable bonds is 4. The number of nitrogens with one attached hydrogen (secondary N) is 3. The van der Waals surface area contributed by atoms with Gasteiger partial charge in [0, 0.05) is 16.4 Å². The summed E-state index contributed by atoms with van der Waals surface area (Å²) in [4.78, 5) is 39.9. The van der Waals surface area contributed by atoms with Crippen LogP contribution in [0.1, 0.15) is 49.0 Å². The topological polar surface area (TPSA) is 100 Å². The van der Waals surface area contributed by atoms with E-state index in [1.54, 1.807) is 0 Å². The number of benzene rings is 1. The quantitative estimate of drug-likeness (QED) is 0.586. The average Bonchev–Trinajstić information content (AvgIpc) is 3.01. The molecule has 3 amide bonds. The second-order valence-corrected chi connectivity index (χ2v) is 9.93. The van der Waals surface area contributed by atoms with E-state index < -0.39 is 24.5 Å². The van der Waals surface area contributed by atoms with Crippen LogP contribution >= 0.6 is 15.9 Å². The number of halogens is 1. The van der Waals surface area contributed by atoms with Crippen molar-refractivity contribution in [2.45, 2.75) is 44.1 Å². The maximum absolute atomic E-state index is 12.4. The van der Waals surface area contributed by atoms with Crippen molar-refractivity contribution >= 4 is 44.7 Å². The van der Waals surface area contributed by atoms with Gasteiger partial charge in [0.1, 0.15) is 5.69 Å². The lowest BCUT2D eigenvalue weighted by Crippen LogP contribution is -2.62. The summed E-state index contributed by atoms with van der Waals surface area (Å²) in [6, 6.07) is 6.94. The SMILES string of the molecule is O=C(COC(=O)c1[nH]c2ccccc2c1Br)NC(=O)NC12CC3CC(CC(C3)C1)C2. The van der Waals surface area contributed by atoms with Crippen molar-refractivity contribution in [3.63, 3.8) is 0 Å². The van der Waals surface area contributed by atoms with Crippen LogP contribution in [0.15, 0.2) is 28.7 Å². The Bertz CT molecular complexity index is 995. The molecule has 0 unspecified atom stereocenters. The van der Waals surface area contributed by atoms with Crippen molar-refractivity contribution in [3.05, 3.63) is 34.4 Å². The minimum Gasteiger partial charge on any atom is -0.451 e. The van der Waals surface area contributed by atoms with Gasteiger partial charge in [-0.15, -0.1) is 0 Å². The Labute approximate surface area is 182 Å². The van der Waals surface area contributed by atoms with Crippen molar-refractivity contribution < 1.29 is 19.1 Å². The van der Waals surface area contributed by atoms with E-state index in [2.05, 4.69) is 31.5 Å². The molecule has 4 fully saturated rings. The zero-order valence-electron chi connectivity index (χ0n) is 16.5. The van der Waals surface area contributed by atoms with Gasteiger partial charge in [0.15, 0.2) is 6.61 Å². The Morgan fingerprint density at radius 2 is 1.70 bits per heavy atom. The summed E-state index contributed by atoms with van der Waals surface area (Å²) in [5.41, 5.74) is 0.850. The molecule has 4 aliphatic rings. The largest absolute Gasteiger partial charge is 0.451 e. The third-order valence-electron chi connectivity index (χ3n) is 6.85. The van der Waals surface area contributed by atoms with E-state index in [0.29, 0.717) is 22.2 Å². The van der Waals surface area contributed by atoms with Crippen LogP contribution in [0.4, 0.5) is 4.79 Å². The van der Waals surface area contributed by atoms with Gasteiger partial charge in [-0.1, -0.05) is 18.2 Å². The summed E-state index contributed by atoms with van der Waals surface area (Å²) < 4.78 is 5.69. The molecule has 8 heteroatoms. The van der Waals surface area contributed by atoms with Gasteiger partial charge in [0.2, 0.25) is 0 Å². The van der Waals surface area contributed by atoms with Gasteiger partial charge in [-0.05, 0) is 78.3 Å². The van der Waals surface area contributed by atoms with E-state index >= 15 is 0 Å². The monoisotopic (exact) mass is 473 g/mol. The van der Waals surface area contributed by atoms with Crippen LogP contribution in [0.3, 0.4) is 0 Å². The Morgan fingerprint density at radius 3 is 2.33 bits per heavy atom. The Hall–Kier alpha value is -2.35. The van der Waals surface area contributed by atoms with E-state index in [1.807, 2.05) is 24.3 Å². The molecule has 0 saturated heterocycles. The molecule has 2 aromatic rings. The molecule has 158 valence electrons. The zero-order valence-corrected chi connectivity index (χ0v) is 18.1. The standard InChI is InChI=1S/C22H24BrN3O4/c23-18-15-3-1-2-4-16(15)24-19(18)20(28)30-11-17(27)25-21(29)26-22-8-12-5-13(9-22)7-14(6-12)10-22/h1-4,12-14,24H,5-11H2,(H2,25,26,27,29). The van der Waals surface area contributed by atoms with Crippen LogP contribution < -0.4 is 10.6 Å². The van der Waals surface area contributed by atoms with Crippen LogP contribution in [-0.2, 0) is 9.53 Å². The van der Waals surface area contributed by atoms with Crippen LogP contribution in [0, 0.1) is 17.8 Å². The van der Waals surface area contributed by atoms with Gasteiger partial charge < -0.3 is 15.0 Å². The average molecular weight is 474 g/mol. The van der Waals surface area contributed by atoms with Crippen LogP contribution in [0.5, 0.6) is 0 Å². The lowest BCUT2D eigenvalue weighted by atomic mass is 9.53. The summed E-state index contributed by atoms with van der Waals surface area (Å²) in [6.07, 6.45) is 6.85. The van der Waals surface area contributed by atoms with Crippen molar-refractivity contribution in [1.29, 1.82) is 0 Å². The first-order valence-corrected chi connectivity index (χ1v) is 11.3. The molecule has 4 saturated carbocycles. The normalized spacial score (nSPS) is 29.0. The Morgan fingerprint density at radius 1 is 1.07 bits per heavy atom. The molecule has 6 rings (SSSR count). The molecular formula is C22H24BrN3O4. The summed E-state index contributed by atoms with van der Waals surface area (Å²) in [6.45, 7) is -0.519. The molecule has 3 N–H and O–H groups in total. The van der Waals surface area contributed by atoms with Crippen LogP contribution in [0.2, 0.25) is 0 Å². The van der Waals surface area contributed by atoms with Gasteiger partial charge >= 0.3 is 12.0 Å². The van der Waals surface area contributed by atoms with Gasteiger partial charge in [-0.3, -0.25) is 10.1 Å². The van der Waals surface area contributed by atoms with E-state index in [0.717, 1.165) is 30.2 Å². The molecule has 0 radical (unpaired) electrons. The Balaban J connectivity index is 1.15. The molecular weight excluding hydrogens is 450 g/mol. The molecule has 4 bridgehead atoms. The number of esters is 1. The van der Waals surface area contributed by atoms with Gasteiger partial charge in [0.05, 0.1) is 4.47 Å². The number of fused-ring (bicyclic) bond motifs is 1. The first kappa shape index (κ1) is 19.6. The van der Waals surface area contributed by atoms with Gasteiger partial charge in [-0.2, -0.15) is 0 Å². The highest BCUT2D eigenvalue weighted by molar-refractivity contribution is 9.10. The number of para-hydroxylation sites is 1. The summed E-state index contributed by atoms with van der Waals surface area (Å²) in [7, 11) is 0. The van der Waals surface area contributed by atoms with E-state index in [4.69, 9.17) is 4.74 Å². The number of hydrogen-bond acceptors (Lipinski definition) is 4. The van der Waals surface area contributed by atoms with E-state index in [-0.39, 0.29) is 11.2 Å². The fraction of sp³-hybridized carbons (Fsp3) is 0.500. The fourth-order valence-electron chi connectivity index (χ4n) is 6.15. The summed E-state index contributed by atoms with van der Waals surface area (Å²) >= 11 is 3.39. The zero-order chi connectivity index (χ0) is 20.9. The Kier molecular flexibility index (Phi) is 4.84. The number of H-pyrrole nitrogens is 1. The number of aromatic amines is 1. The number of hydrogen-bond donors (Lipinski definition) is 3. The number of imide groups is 1. The van der Waals surface area contributed by atoms with Crippen LogP contribution in [0.25, 0.3) is 10.9 Å². The second kappa shape index (κ2) is 7.41. The highest BCUT2D eigenvalue weighted by Crippen LogP contribution is 2.55. The summed E-state index contributed by atoms with van der Waals surface area (Å²) in [5, 5.41) is 6.24. The lowest BCUT2D eigenvalue weighted by Gasteiger charge is -2.56. The van der Waals surface area contributed by atoms with Crippen molar-refractivity contribution in [3.8, 4) is 0 Å². The first-order chi connectivity index (χ1) is 14.4. The smallest absolute Gasteiger partial charge is 0.356 e. The minimum atomic E-state index is -0.658. The highest BCUT2D eigenvalue weighted by Gasteiger charge is 2.51. The third-order valence-corrected chi connectivity index (χ3v) is 7.67. The van der Waals surface area contributed by atoms with Crippen LogP contribution in [-0.4, -0.2) is 35.0 Å². The number of ether oxygens (including phenoxy) is 1. The molecule has 0 spiro atoms. The fourth-order valence-corrected chi connectivity index (χ4v) is 6.76. The number of amides is 3. The molecule has 4 aliphatic carbocycles. The third kappa shape index (κ3) is 3.62. The molecule has 30 heavy (non-hydrogen) atoms. The molecule has 1 heterocycles. The minimum absolute atomic E-state index is 0.176. The van der Waals surface area contributed by atoms with Gasteiger partial charge in [0.25, 0.3) is 5.91 Å². The van der Waals surface area contributed by atoms with Crippen molar-refractivity contribution in [2.75, 3.05) is 6.61 Å². The van der Waals surface area contributed by atoms with Crippen molar-refractivity contribution in [1.82, 2.24) is 15.6 Å². The summed E-state index contributed by atoms with van der Waals surface area (Å²) in [5.74, 6) is 0.793. The first-order valence-electron chi connectivity index (χ1n) is 10.5. The predicted octanol–water partition coefficient (Wildman–Crippen LogP) is 3.88. The van der Waals surface area contributed by atoms with E-state index in [9.17, 15) is 14.4 Å². The van der Waals surface area contributed by atoms with Crippen molar-refractivity contribution in [2.24, 2.45) is 17.8 Å². The maximum Gasteiger partial charge on any atom is 0.356 e. The van der Waals surface area contributed by atoms with Gasteiger partial charge in [-0.25, -0.2) is 9.59 Å². The molecule has 0 atom stereocenters. The lowest BCUT2D eigenvalue weighted by molar-refractivity contribution is -0.123. The maximum atomic E-state index is 12.4. The number of aromatic nitrogens is 1. The number of carbonyl (C=O) groups is 3. The molecule has 1 aromatic carbocycles. The molecule has 7 nitrogen and oxygen atoms in total. The predicted molar refractivity (Wildman–Crippen MR) is 114 cm³/mol. The molecule has 0 aliphatic heterocycles. The highest BCUT2D eigenvalue weighted by atomic mass is 79.9. The number of urea groups is 1. The second-order valence-electron chi connectivity index (χ2n) is 9.14. The number of carbonyl (C=O) groups excluding carboxylic acids is 3. The molecule has 1 aromatic heterocycles.